The molecule has 14 heavy (non-hydrogen) atoms. The first-order valence-electron chi connectivity index (χ1n) is 3.86. The molecule has 0 aromatic carbocycles. The number of rotatable bonds is 1. The van der Waals surface area contributed by atoms with Crippen molar-refractivity contribution < 1.29 is 23.3 Å². The second kappa shape index (κ2) is 6.00. The van der Waals surface area contributed by atoms with Gasteiger partial charge in [0, 0.05) is 28.1 Å². The van der Waals surface area contributed by atoms with Crippen molar-refractivity contribution in [2.24, 2.45) is 0 Å². The first-order chi connectivity index (χ1) is 6.34. The van der Waals surface area contributed by atoms with E-state index < -0.39 is 7.25 Å². The third-order valence-corrected chi connectivity index (χ3v) is 1.95. The molecule has 0 amide bonds. The van der Waals surface area contributed by atoms with Crippen molar-refractivity contribution in [1.29, 1.82) is 0 Å². The van der Waals surface area contributed by atoms with Gasteiger partial charge in [0.05, 0.1) is 0 Å². The van der Waals surface area contributed by atoms with Gasteiger partial charge in [0.15, 0.2) is 6.20 Å². The van der Waals surface area contributed by atoms with Gasteiger partial charge >= 0.3 is 8.68 Å². The molecule has 1 aromatic heterocycles. The molecule has 0 saturated carbocycles. The zero-order valence-corrected chi connectivity index (χ0v) is 9.02. The molecule has 7 heteroatoms. The Morgan fingerprint density at radius 1 is 1.36 bits per heavy atom. The van der Waals surface area contributed by atoms with Crippen LogP contribution in [0.4, 0.5) is 17.3 Å². The Morgan fingerprint density at radius 2 is 1.86 bits per heavy atom. The summed E-state index contributed by atoms with van der Waals surface area (Å²) >= 11 is 3.42. The van der Waals surface area contributed by atoms with Crippen molar-refractivity contribution >= 4 is 23.2 Å². The average Bonchev–Trinajstić information content (AvgIpc) is 2.02. The molecule has 1 nitrogen and oxygen atoms in total. The summed E-state index contributed by atoms with van der Waals surface area (Å²) in [5, 5.41) is 0. The fourth-order valence-corrected chi connectivity index (χ4v) is 1.23. The Labute approximate surface area is 89.5 Å². The van der Waals surface area contributed by atoms with Gasteiger partial charge in [-0.15, -0.1) is 0 Å². The van der Waals surface area contributed by atoms with Gasteiger partial charge in [-0.05, 0) is 13.0 Å². The molecule has 0 spiro atoms. The highest BCUT2D eigenvalue weighted by Crippen LogP contribution is 2.06. The third-order valence-electron chi connectivity index (χ3n) is 1.23. The minimum atomic E-state index is -6.00. The Morgan fingerprint density at radius 3 is 2.14 bits per heavy atom. The van der Waals surface area contributed by atoms with Crippen LogP contribution in [0.25, 0.3) is 0 Å². The summed E-state index contributed by atoms with van der Waals surface area (Å²) in [6.07, 6.45) is 2.05. The van der Waals surface area contributed by atoms with Crippen LogP contribution in [0.2, 0.25) is 0 Å². The van der Waals surface area contributed by atoms with Crippen molar-refractivity contribution in [3.8, 4) is 0 Å². The summed E-state index contributed by atoms with van der Waals surface area (Å²) in [5.74, 6) is 0. The number of aryl methyl sites for hydroxylation is 1. The molecule has 0 bridgehead atoms. The molecule has 0 unspecified atom stereocenters. The zero-order valence-electron chi connectivity index (χ0n) is 8.43. The first-order valence-corrected chi connectivity index (χ1v) is 4.65. The Bertz CT molecular complexity index is 278. The van der Waals surface area contributed by atoms with Gasteiger partial charge in [0.2, 0.25) is 4.60 Å². The SMILES string of the molecule is CC[n+]1ccccc1Br.F[B-](F)(F)F.[H+]. The summed E-state index contributed by atoms with van der Waals surface area (Å²) in [5.41, 5.74) is 0. The molecule has 0 radical (unpaired) electrons. The normalized spacial score (nSPS) is 10.4. The fourth-order valence-electron chi connectivity index (χ4n) is 0.712. The van der Waals surface area contributed by atoms with Gasteiger partial charge in [-0.2, -0.15) is 4.57 Å². The third kappa shape index (κ3) is 8.03. The molecule has 0 saturated heterocycles. The van der Waals surface area contributed by atoms with Crippen LogP contribution >= 0.6 is 15.9 Å². The molecule has 0 aliphatic heterocycles. The van der Waals surface area contributed by atoms with Crippen LogP contribution in [0.5, 0.6) is 0 Å². The van der Waals surface area contributed by atoms with Gasteiger partial charge in [0.25, 0.3) is 0 Å². The highest BCUT2D eigenvalue weighted by Gasteiger charge is 2.20. The molecule has 1 aromatic rings. The highest BCUT2D eigenvalue weighted by atomic mass is 79.9. The van der Waals surface area contributed by atoms with Gasteiger partial charge in [0.1, 0.15) is 6.54 Å². The van der Waals surface area contributed by atoms with Crippen LogP contribution in [-0.4, -0.2) is 7.25 Å². The molecule has 80 valence electrons. The number of halogens is 5. The quantitative estimate of drug-likeness (QED) is 0.321. The lowest BCUT2D eigenvalue weighted by atomic mass is 10.3. The van der Waals surface area contributed by atoms with Crippen LogP contribution in [0.1, 0.15) is 8.35 Å². The predicted molar refractivity (Wildman–Crippen MR) is 51.3 cm³/mol. The lowest BCUT2D eigenvalue weighted by Gasteiger charge is -1.94. The Kier molecular flexibility index (Phi) is 5.75. The van der Waals surface area contributed by atoms with Crippen molar-refractivity contribution in [1.82, 2.24) is 0 Å². The smallest absolute Gasteiger partial charge is 0.418 e. The van der Waals surface area contributed by atoms with Crippen molar-refractivity contribution in [2.75, 3.05) is 0 Å². The molecular formula is C7H10BBrF4N+. The van der Waals surface area contributed by atoms with E-state index in [9.17, 15) is 17.3 Å². The second-order valence-corrected chi connectivity index (χ2v) is 3.12. The molecule has 0 aliphatic carbocycles. The molecule has 1 rings (SSSR count). The van der Waals surface area contributed by atoms with Crippen LogP contribution in [-0.2, 0) is 6.54 Å². The number of nitrogens with zero attached hydrogens (tertiary/aromatic N) is 1. The standard InChI is InChI=1S/C7H9BrN.BF4/c1-2-9-6-4-3-5-7(9)8;2-1(3,4)5/h3-6H,2H2,1H3;/q+1;-1/p+1. The van der Waals surface area contributed by atoms with E-state index in [4.69, 9.17) is 0 Å². The molecule has 0 fully saturated rings. The lowest BCUT2D eigenvalue weighted by Crippen LogP contribution is -2.32. The minimum absolute atomic E-state index is 0. The van der Waals surface area contributed by atoms with E-state index in [1.807, 2.05) is 24.4 Å². The molecule has 0 aliphatic rings. The van der Waals surface area contributed by atoms with Gasteiger partial charge in [-0.25, -0.2) is 0 Å². The number of hydrogen-bond donors (Lipinski definition) is 0. The summed E-state index contributed by atoms with van der Waals surface area (Å²) < 4.78 is 42.3. The second-order valence-electron chi connectivity index (χ2n) is 2.30. The van der Waals surface area contributed by atoms with Crippen molar-refractivity contribution in [2.45, 2.75) is 13.5 Å². The number of aromatic nitrogens is 1. The van der Waals surface area contributed by atoms with E-state index in [0.717, 1.165) is 11.1 Å². The predicted octanol–water partition coefficient (Wildman–Crippen LogP) is 3.17. The maximum atomic E-state index is 9.75. The Hall–Kier alpha value is -0.585. The summed E-state index contributed by atoms with van der Waals surface area (Å²) in [6, 6.07) is 6.06. The highest BCUT2D eigenvalue weighted by molar-refractivity contribution is 9.10. The van der Waals surface area contributed by atoms with Crippen LogP contribution in [0.3, 0.4) is 0 Å². The van der Waals surface area contributed by atoms with Crippen LogP contribution in [0, 0.1) is 0 Å². The average molecular weight is 275 g/mol. The summed E-state index contributed by atoms with van der Waals surface area (Å²) in [7, 11) is -6.00. The number of pyridine rings is 1. The fraction of sp³-hybridized carbons (Fsp3) is 0.286. The molecular weight excluding hydrogens is 265 g/mol. The zero-order chi connectivity index (χ0) is 11.2. The lowest BCUT2D eigenvalue weighted by molar-refractivity contribution is -0.704. The van der Waals surface area contributed by atoms with E-state index in [0.29, 0.717) is 0 Å². The van der Waals surface area contributed by atoms with E-state index in [1.54, 1.807) is 0 Å². The summed E-state index contributed by atoms with van der Waals surface area (Å²) in [4.78, 5) is 0. The number of hydrogen-bond acceptors (Lipinski definition) is 0. The van der Waals surface area contributed by atoms with E-state index in [-0.39, 0.29) is 1.43 Å². The molecule has 0 N–H and O–H groups in total. The Balaban J connectivity index is 0. The van der Waals surface area contributed by atoms with Crippen molar-refractivity contribution in [3.05, 3.63) is 29.0 Å². The monoisotopic (exact) mass is 274 g/mol. The molecule has 1 heterocycles. The van der Waals surface area contributed by atoms with Crippen molar-refractivity contribution in [3.63, 3.8) is 0 Å². The topological polar surface area (TPSA) is 3.88 Å². The maximum Gasteiger partial charge on any atom is 1.00 e. The first kappa shape index (κ1) is 13.4. The van der Waals surface area contributed by atoms with Crippen LogP contribution < -0.4 is 4.57 Å². The van der Waals surface area contributed by atoms with Gasteiger partial charge in [-0.1, -0.05) is 0 Å². The largest absolute Gasteiger partial charge is 1.00 e. The molecule has 0 atom stereocenters. The summed E-state index contributed by atoms with van der Waals surface area (Å²) in [6.45, 7) is 3.13. The van der Waals surface area contributed by atoms with Crippen LogP contribution in [0.15, 0.2) is 29.0 Å². The van der Waals surface area contributed by atoms with E-state index in [2.05, 4.69) is 27.4 Å². The maximum absolute atomic E-state index is 9.75. The van der Waals surface area contributed by atoms with E-state index in [1.165, 1.54) is 0 Å². The van der Waals surface area contributed by atoms with Gasteiger partial charge < -0.3 is 17.3 Å². The van der Waals surface area contributed by atoms with Gasteiger partial charge in [-0.3, -0.25) is 0 Å². The minimum Gasteiger partial charge on any atom is -0.418 e. The van der Waals surface area contributed by atoms with E-state index >= 15 is 0 Å².